The summed E-state index contributed by atoms with van der Waals surface area (Å²) < 4.78 is 0. The molecule has 0 aromatic rings. The van der Waals surface area contributed by atoms with Gasteiger partial charge in [-0.3, -0.25) is 0 Å². The number of hydrogen-bond donors (Lipinski definition) is 0. The van der Waals surface area contributed by atoms with Gasteiger partial charge in [-0.25, -0.2) is 0 Å². The first kappa shape index (κ1) is 13.7. The lowest BCUT2D eigenvalue weighted by molar-refractivity contribution is 0.171. The van der Waals surface area contributed by atoms with E-state index in [0.717, 1.165) is 5.92 Å². The minimum absolute atomic E-state index is 1.02. The fraction of sp³-hybridized carbons (Fsp3) is 1.00. The molecule has 2 aliphatic rings. The van der Waals surface area contributed by atoms with Crippen molar-refractivity contribution in [3.05, 3.63) is 0 Å². The predicted molar refractivity (Wildman–Crippen MR) is 77.8 cm³/mol. The molecule has 2 nitrogen and oxygen atoms in total. The van der Waals surface area contributed by atoms with E-state index in [2.05, 4.69) is 28.5 Å². The number of piperidine rings is 1. The third-order valence-corrected chi connectivity index (χ3v) is 5.28. The maximum absolute atomic E-state index is 2.69. The number of rotatable bonds is 5. The molecule has 2 rings (SSSR count). The molecule has 0 bridgehead atoms. The zero-order valence-electron chi connectivity index (χ0n) is 11.4. The molecule has 0 atom stereocenters. The van der Waals surface area contributed by atoms with Gasteiger partial charge in [-0.1, -0.05) is 13.3 Å². The van der Waals surface area contributed by atoms with E-state index in [1.54, 1.807) is 0 Å². The van der Waals surface area contributed by atoms with Crippen molar-refractivity contribution in [2.75, 3.05) is 50.8 Å². The van der Waals surface area contributed by atoms with Crippen LogP contribution in [0, 0.1) is 5.92 Å². The molecule has 2 heterocycles. The molecule has 100 valence electrons. The smallest absolute Gasteiger partial charge is 0.00727 e. The summed E-state index contributed by atoms with van der Waals surface area (Å²) in [5, 5.41) is 0. The minimum atomic E-state index is 1.02. The van der Waals surface area contributed by atoms with Crippen LogP contribution in [0.15, 0.2) is 0 Å². The van der Waals surface area contributed by atoms with Crippen LogP contribution in [0.5, 0.6) is 0 Å². The Morgan fingerprint density at radius 2 is 1.53 bits per heavy atom. The number of thioether (sulfide) groups is 1. The molecule has 0 aromatic carbocycles. The molecule has 2 saturated heterocycles. The van der Waals surface area contributed by atoms with Crippen LogP contribution in [-0.4, -0.2) is 60.6 Å². The van der Waals surface area contributed by atoms with Gasteiger partial charge in [-0.15, -0.1) is 0 Å². The molecule has 0 radical (unpaired) electrons. The van der Waals surface area contributed by atoms with E-state index in [-0.39, 0.29) is 0 Å². The van der Waals surface area contributed by atoms with Gasteiger partial charge in [0.05, 0.1) is 0 Å². The summed E-state index contributed by atoms with van der Waals surface area (Å²) in [6.07, 6.45) is 5.65. The fourth-order valence-corrected chi connectivity index (χ4v) is 3.94. The van der Waals surface area contributed by atoms with Crippen LogP contribution in [0.25, 0.3) is 0 Å². The van der Waals surface area contributed by atoms with Gasteiger partial charge >= 0.3 is 0 Å². The highest BCUT2D eigenvalue weighted by atomic mass is 32.2. The summed E-state index contributed by atoms with van der Waals surface area (Å²) in [5.41, 5.74) is 0. The largest absolute Gasteiger partial charge is 0.303 e. The van der Waals surface area contributed by atoms with Crippen molar-refractivity contribution in [2.45, 2.75) is 32.6 Å². The average molecular weight is 256 g/mol. The van der Waals surface area contributed by atoms with Crippen LogP contribution in [-0.2, 0) is 0 Å². The van der Waals surface area contributed by atoms with Gasteiger partial charge in [0.25, 0.3) is 0 Å². The van der Waals surface area contributed by atoms with Crippen LogP contribution in [0.3, 0.4) is 0 Å². The summed E-state index contributed by atoms with van der Waals surface area (Å²) >= 11 is 2.11. The molecule has 0 saturated carbocycles. The van der Waals surface area contributed by atoms with Gasteiger partial charge in [-0.05, 0) is 51.4 Å². The van der Waals surface area contributed by atoms with Crippen molar-refractivity contribution < 1.29 is 0 Å². The third kappa shape index (κ3) is 4.80. The molecule has 0 spiro atoms. The normalized spacial score (nSPS) is 25.2. The molecule has 2 fully saturated rings. The number of likely N-dealkylation sites (tertiary alicyclic amines) is 1. The lowest BCUT2D eigenvalue weighted by Crippen LogP contribution is -2.37. The molecule has 0 N–H and O–H groups in total. The molecular weight excluding hydrogens is 228 g/mol. The summed E-state index contributed by atoms with van der Waals surface area (Å²) in [7, 11) is 0. The van der Waals surface area contributed by atoms with E-state index in [1.807, 2.05) is 0 Å². The SMILES string of the molecule is CCC1CCN(CCCN2CCSCC2)CC1. The second-order valence-electron chi connectivity index (χ2n) is 5.50. The number of nitrogens with zero attached hydrogens (tertiary/aromatic N) is 2. The van der Waals surface area contributed by atoms with Gasteiger partial charge in [-0.2, -0.15) is 11.8 Å². The molecule has 2 aliphatic heterocycles. The Morgan fingerprint density at radius 3 is 2.12 bits per heavy atom. The zero-order valence-corrected chi connectivity index (χ0v) is 12.2. The maximum atomic E-state index is 2.69. The van der Waals surface area contributed by atoms with Crippen molar-refractivity contribution in [2.24, 2.45) is 5.92 Å². The second kappa shape index (κ2) is 7.65. The molecule has 3 heteroatoms. The topological polar surface area (TPSA) is 6.48 Å². The van der Waals surface area contributed by atoms with Crippen molar-refractivity contribution in [3.63, 3.8) is 0 Å². The van der Waals surface area contributed by atoms with Crippen molar-refractivity contribution >= 4 is 11.8 Å². The lowest BCUT2D eigenvalue weighted by atomic mass is 9.94. The second-order valence-corrected chi connectivity index (χ2v) is 6.73. The van der Waals surface area contributed by atoms with E-state index in [0.29, 0.717) is 0 Å². The van der Waals surface area contributed by atoms with Crippen molar-refractivity contribution in [1.82, 2.24) is 9.80 Å². The Labute approximate surface area is 111 Å². The van der Waals surface area contributed by atoms with E-state index >= 15 is 0 Å². The summed E-state index contributed by atoms with van der Waals surface area (Å²) in [5.74, 6) is 3.72. The highest BCUT2D eigenvalue weighted by Crippen LogP contribution is 2.20. The van der Waals surface area contributed by atoms with E-state index in [9.17, 15) is 0 Å². The van der Waals surface area contributed by atoms with Gasteiger partial charge in [0.1, 0.15) is 0 Å². The monoisotopic (exact) mass is 256 g/mol. The third-order valence-electron chi connectivity index (χ3n) is 4.34. The van der Waals surface area contributed by atoms with Crippen LogP contribution in [0.2, 0.25) is 0 Å². The molecule has 0 aromatic heterocycles. The molecular formula is C14H28N2S. The first-order valence-corrected chi connectivity index (χ1v) is 8.56. The Bertz CT molecular complexity index is 196. The van der Waals surface area contributed by atoms with Crippen LogP contribution in [0.4, 0.5) is 0 Å². The van der Waals surface area contributed by atoms with E-state index in [4.69, 9.17) is 0 Å². The Hall–Kier alpha value is 0.270. The zero-order chi connectivity index (χ0) is 11.9. The van der Waals surface area contributed by atoms with Gasteiger partial charge in [0.2, 0.25) is 0 Å². The standard InChI is InChI=1S/C14H28N2S/c1-2-14-4-8-15(9-5-14)6-3-7-16-10-12-17-13-11-16/h14H,2-13H2,1H3. The Kier molecular flexibility index (Phi) is 6.16. The predicted octanol–water partition coefficient (Wildman–Crippen LogP) is 2.55. The first-order chi connectivity index (χ1) is 8.38. The van der Waals surface area contributed by atoms with E-state index < -0.39 is 0 Å². The molecule has 17 heavy (non-hydrogen) atoms. The summed E-state index contributed by atoms with van der Waals surface area (Å²) in [6, 6.07) is 0. The Balaban J connectivity index is 1.53. The Morgan fingerprint density at radius 1 is 0.941 bits per heavy atom. The minimum Gasteiger partial charge on any atom is -0.303 e. The summed E-state index contributed by atoms with van der Waals surface area (Å²) in [4.78, 5) is 5.33. The van der Waals surface area contributed by atoms with Gasteiger partial charge < -0.3 is 9.80 Å². The highest BCUT2D eigenvalue weighted by Gasteiger charge is 2.17. The summed E-state index contributed by atoms with van der Waals surface area (Å²) in [6.45, 7) is 10.4. The molecule has 0 aliphatic carbocycles. The van der Waals surface area contributed by atoms with Crippen LogP contribution >= 0.6 is 11.8 Å². The number of hydrogen-bond acceptors (Lipinski definition) is 3. The quantitative estimate of drug-likeness (QED) is 0.746. The highest BCUT2D eigenvalue weighted by molar-refractivity contribution is 7.99. The van der Waals surface area contributed by atoms with E-state index in [1.165, 1.54) is 76.5 Å². The van der Waals surface area contributed by atoms with Crippen LogP contribution in [0.1, 0.15) is 32.6 Å². The van der Waals surface area contributed by atoms with Crippen molar-refractivity contribution in [3.8, 4) is 0 Å². The van der Waals surface area contributed by atoms with Crippen LogP contribution < -0.4 is 0 Å². The van der Waals surface area contributed by atoms with Gasteiger partial charge in [0, 0.05) is 24.6 Å². The average Bonchev–Trinajstić information content (AvgIpc) is 2.41. The van der Waals surface area contributed by atoms with Crippen molar-refractivity contribution in [1.29, 1.82) is 0 Å². The first-order valence-electron chi connectivity index (χ1n) is 7.41. The fourth-order valence-electron chi connectivity index (χ4n) is 2.96. The van der Waals surface area contributed by atoms with Gasteiger partial charge in [0.15, 0.2) is 0 Å². The lowest BCUT2D eigenvalue weighted by Gasteiger charge is -2.32. The maximum Gasteiger partial charge on any atom is 0.00727 e. The molecule has 0 amide bonds. The molecule has 0 unspecified atom stereocenters.